The van der Waals surface area contributed by atoms with Gasteiger partial charge in [-0.2, -0.15) is 4.98 Å². The van der Waals surface area contributed by atoms with Crippen LogP contribution in [0.5, 0.6) is 5.75 Å². The second kappa shape index (κ2) is 7.30. The van der Waals surface area contributed by atoms with Crippen LogP contribution in [0.1, 0.15) is 38.7 Å². The van der Waals surface area contributed by atoms with Crippen molar-refractivity contribution < 1.29 is 9.53 Å². The highest BCUT2D eigenvalue weighted by atomic mass is 16.5. The lowest BCUT2D eigenvalue weighted by Crippen LogP contribution is -2.31. The predicted molar refractivity (Wildman–Crippen MR) is 111 cm³/mol. The van der Waals surface area contributed by atoms with Crippen LogP contribution in [0.3, 0.4) is 0 Å². The number of ether oxygens (including phenoxy) is 1. The number of hydrogen-bond acceptors (Lipinski definition) is 6. The van der Waals surface area contributed by atoms with E-state index in [-0.39, 0.29) is 18.1 Å². The Labute approximate surface area is 165 Å². The van der Waals surface area contributed by atoms with E-state index in [4.69, 9.17) is 9.72 Å². The van der Waals surface area contributed by atoms with Gasteiger partial charge in [0, 0.05) is 26.1 Å². The Bertz CT molecular complexity index is 898. The number of hydrogen-bond donors (Lipinski definition) is 1. The highest BCUT2D eigenvalue weighted by Gasteiger charge is 2.35. The van der Waals surface area contributed by atoms with E-state index in [0.717, 1.165) is 47.9 Å². The summed E-state index contributed by atoms with van der Waals surface area (Å²) in [6, 6.07) is 6.24. The molecule has 2 aliphatic rings. The van der Waals surface area contributed by atoms with Crippen LogP contribution in [0.4, 0.5) is 23.1 Å². The van der Waals surface area contributed by atoms with E-state index in [1.807, 2.05) is 39.0 Å². The van der Waals surface area contributed by atoms with Gasteiger partial charge < -0.3 is 19.9 Å². The first-order chi connectivity index (χ1) is 13.4. The van der Waals surface area contributed by atoms with Gasteiger partial charge in [0.05, 0.1) is 18.0 Å². The molecule has 148 valence electrons. The smallest absolute Gasteiger partial charge is 0.229 e. The molecule has 3 heterocycles. The molecule has 4 rings (SSSR count). The van der Waals surface area contributed by atoms with Crippen LogP contribution in [0.15, 0.2) is 24.4 Å². The van der Waals surface area contributed by atoms with E-state index in [2.05, 4.69) is 15.2 Å². The van der Waals surface area contributed by atoms with Gasteiger partial charge in [0.25, 0.3) is 0 Å². The monoisotopic (exact) mass is 381 g/mol. The Kier molecular flexibility index (Phi) is 4.83. The van der Waals surface area contributed by atoms with Gasteiger partial charge in [0.15, 0.2) is 5.82 Å². The molecule has 0 unspecified atom stereocenters. The minimum Gasteiger partial charge on any atom is -0.489 e. The SMILES string of the molecule is Cc1ccc(Nc2ncc3c(n2)N2CCC[C@H]2CC(=O)N3C)c(OC(C)C)c1. The topological polar surface area (TPSA) is 70.6 Å². The fourth-order valence-electron chi connectivity index (χ4n) is 3.88. The number of rotatable bonds is 4. The predicted octanol–water partition coefficient (Wildman–Crippen LogP) is 3.65. The highest BCUT2D eigenvalue weighted by Crippen LogP contribution is 2.38. The summed E-state index contributed by atoms with van der Waals surface area (Å²) >= 11 is 0. The van der Waals surface area contributed by atoms with Crippen molar-refractivity contribution in [2.45, 2.75) is 52.2 Å². The summed E-state index contributed by atoms with van der Waals surface area (Å²) in [7, 11) is 1.80. The summed E-state index contributed by atoms with van der Waals surface area (Å²) in [5.41, 5.74) is 2.72. The summed E-state index contributed by atoms with van der Waals surface area (Å²) in [4.78, 5) is 25.7. The number of aryl methyl sites for hydroxylation is 1. The normalized spacial score (nSPS) is 18.8. The molecule has 1 amide bonds. The first kappa shape index (κ1) is 18.5. The molecule has 1 N–H and O–H groups in total. The van der Waals surface area contributed by atoms with Crippen LogP contribution in [0.25, 0.3) is 0 Å². The molecule has 7 nitrogen and oxygen atoms in total. The van der Waals surface area contributed by atoms with Crippen molar-refractivity contribution in [2.24, 2.45) is 0 Å². The van der Waals surface area contributed by atoms with Gasteiger partial charge in [-0.1, -0.05) is 6.07 Å². The molecule has 0 bridgehead atoms. The zero-order valence-electron chi connectivity index (χ0n) is 16.9. The number of fused-ring (bicyclic) bond motifs is 3. The number of carbonyl (C=O) groups is 1. The van der Waals surface area contributed by atoms with Gasteiger partial charge in [-0.05, 0) is 51.3 Å². The minimum atomic E-state index is 0.0698. The second-order valence-corrected chi connectivity index (χ2v) is 7.84. The Hall–Kier alpha value is -2.83. The standard InChI is InChI=1S/C21H27N5O2/c1-13(2)28-18-10-14(3)7-8-16(18)23-21-22-12-17-20(24-21)26-9-5-6-15(26)11-19(27)25(17)4/h7-8,10,12-13,15H,5-6,9,11H2,1-4H3,(H,22,23,24)/t15-/m0/s1. The molecular formula is C21H27N5O2. The molecule has 1 aromatic heterocycles. The number of benzene rings is 1. The van der Waals surface area contributed by atoms with Gasteiger partial charge in [-0.15, -0.1) is 0 Å². The van der Waals surface area contributed by atoms with E-state index in [9.17, 15) is 4.79 Å². The molecule has 1 atom stereocenters. The van der Waals surface area contributed by atoms with Crippen LogP contribution >= 0.6 is 0 Å². The molecule has 7 heteroatoms. The first-order valence-electron chi connectivity index (χ1n) is 9.87. The van der Waals surface area contributed by atoms with Crippen LogP contribution in [-0.2, 0) is 4.79 Å². The van der Waals surface area contributed by atoms with Crippen molar-refractivity contribution in [3.63, 3.8) is 0 Å². The molecule has 1 aromatic carbocycles. The van der Waals surface area contributed by atoms with Crippen molar-refractivity contribution in [1.82, 2.24) is 9.97 Å². The fraction of sp³-hybridized carbons (Fsp3) is 0.476. The van der Waals surface area contributed by atoms with Crippen molar-refractivity contribution in [2.75, 3.05) is 28.7 Å². The molecule has 28 heavy (non-hydrogen) atoms. The molecule has 2 aliphatic heterocycles. The number of amides is 1. The number of anilines is 4. The van der Waals surface area contributed by atoms with Crippen molar-refractivity contribution >= 4 is 29.0 Å². The molecule has 1 fully saturated rings. The number of nitrogens with zero attached hydrogens (tertiary/aromatic N) is 4. The largest absolute Gasteiger partial charge is 0.489 e. The zero-order valence-corrected chi connectivity index (χ0v) is 16.9. The van der Waals surface area contributed by atoms with E-state index in [1.54, 1.807) is 18.1 Å². The number of aromatic nitrogens is 2. The molecule has 1 saturated heterocycles. The Morgan fingerprint density at radius 1 is 1.32 bits per heavy atom. The number of carbonyl (C=O) groups excluding carboxylic acids is 1. The molecule has 0 radical (unpaired) electrons. The maximum absolute atomic E-state index is 12.5. The quantitative estimate of drug-likeness (QED) is 0.872. The maximum atomic E-state index is 12.5. The summed E-state index contributed by atoms with van der Waals surface area (Å²) in [6.07, 6.45) is 4.44. The van der Waals surface area contributed by atoms with Gasteiger partial charge in [-0.25, -0.2) is 4.98 Å². The van der Waals surface area contributed by atoms with E-state index in [1.165, 1.54) is 0 Å². The van der Waals surface area contributed by atoms with Gasteiger partial charge >= 0.3 is 0 Å². The lowest BCUT2D eigenvalue weighted by molar-refractivity contribution is -0.118. The maximum Gasteiger partial charge on any atom is 0.229 e. The fourth-order valence-corrected chi connectivity index (χ4v) is 3.88. The molecule has 0 saturated carbocycles. The Balaban J connectivity index is 1.69. The average Bonchev–Trinajstić information content (AvgIpc) is 3.07. The zero-order chi connectivity index (χ0) is 19.8. The second-order valence-electron chi connectivity index (χ2n) is 7.84. The van der Waals surface area contributed by atoms with Crippen LogP contribution in [-0.4, -0.2) is 41.6 Å². The summed E-state index contributed by atoms with van der Waals surface area (Å²) in [5, 5.41) is 3.30. The third-order valence-electron chi connectivity index (χ3n) is 5.29. The third kappa shape index (κ3) is 3.48. The van der Waals surface area contributed by atoms with E-state index >= 15 is 0 Å². The molecular weight excluding hydrogens is 354 g/mol. The summed E-state index contributed by atoms with van der Waals surface area (Å²) in [5.74, 6) is 2.22. The lowest BCUT2D eigenvalue weighted by atomic mass is 10.1. The molecule has 2 aromatic rings. The number of nitrogens with one attached hydrogen (secondary N) is 1. The van der Waals surface area contributed by atoms with Crippen molar-refractivity contribution in [3.8, 4) is 5.75 Å². The summed E-state index contributed by atoms with van der Waals surface area (Å²) in [6.45, 7) is 6.97. The minimum absolute atomic E-state index is 0.0698. The lowest BCUT2D eigenvalue weighted by Gasteiger charge is -2.24. The van der Waals surface area contributed by atoms with Crippen molar-refractivity contribution in [1.29, 1.82) is 0 Å². The third-order valence-corrected chi connectivity index (χ3v) is 5.29. The van der Waals surface area contributed by atoms with Crippen LogP contribution in [0.2, 0.25) is 0 Å². The van der Waals surface area contributed by atoms with Gasteiger partial charge in [0.1, 0.15) is 11.4 Å². The van der Waals surface area contributed by atoms with Crippen LogP contribution in [0, 0.1) is 6.92 Å². The first-order valence-corrected chi connectivity index (χ1v) is 9.87. The Morgan fingerprint density at radius 2 is 2.14 bits per heavy atom. The van der Waals surface area contributed by atoms with Gasteiger partial charge in [-0.3, -0.25) is 4.79 Å². The van der Waals surface area contributed by atoms with E-state index < -0.39 is 0 Å². The highest BCUT2D eigenvalue weighted by molar-refractivity contribution is 5.97. The molecule has 0 aliphatic carbocycles. The van der Waals surface area contributed by atoms with Gasteiger partial charge in [0.2, 0.25) is 11.9 Å². The van der Waals surface area contributed by atoms with E-state index in [0.29, 0.717) is 12.4 Å². The Morgan fingerprint density at radius 3 is 2.93 bits per heavy atom. The summed E-state index contributed by atoms with van der Waals surface area (Å²) < 4.78 is 5.95. The van der Waals surface area contributed by atoms with Crippen molar-refractivity contribution in [3.05, 3.63) is 30.0 Å². The molecule has 0 spiro atoms. The van der Waals surface area contributed by atoms with Crippen LogP contribution < -0.4 is 19.9 Å². The average molecular weight is 381 g/mol.